The number of likely N-dealkylation sites (N-methyl/N-ethyl adjacent to an activating group) is 1. The van der Waals surface area contributed by atoms with E-state index in [1.807, 2.05) is 36.8 Å². The first-order chi connectivity index (χ1) is 9.20. The number of nitrogens with two attached hydrogens (primary N) is 2. The summed E-state index contributed by atoms with van der Waals surface area (Å²) in [6.07, 6.45) is 4.14. The van der Waals surface area contributed by atoms with E-state index in [4.69, 9.17) is 10.5 Å². The van der Waals surface area contributed by atoms with Crippen molar-refractivity contribution in [3.63, 3.8) is 0 Å². The topological polar surface area (TPSA) is 58.3 Å². The van der Waals surface area contributed by atoms with Crippen molar-refractivity contribution in [2.75, 3.05) is 51.0 Å². The number of fused-ring (bicyclic) bond motifs is 1. The van der Waals surface area contributed by atoms with Crippen molar-refractivity contribution in [1.29, 1.82) is 0 Å². The molecule has 0 aliphatic carbocycles. The van der Waals surface area contributed by atoms with E-state index < -0.39 is 0 Å². The van der Waals surface area contributed by atoms with Crippen LogP contribution in [0.15, 0.2) is 30.6 Å². The Hall–Kier alpha value is -1.88. The van der Waals surface area contributed by atoms with Crippen LogP contribution in [0.1, 0.15) is 7.43 Å². The maximum absolute atomic E-state index is 5.78. The van der Waals surface area contributed by atoms with E-state index in [2.05, 4.69) is 23.0 Å². The number of ether oxygens (including phenoxy) is 1. The van der Waals surface area contributed by atoms with Crippen LogP contribution in [0.25, 0.3) is 0 Å². The lowest BCUT2D eigenvalue weighted by molar-refractivity contribution is -0.557. The van der Waals surface area contributed by atoms with E-state index >= 15 is 0 Å². The largest absolute Gasteiger partial charge is 0.489 e. The molecule has 5 nitrogen and oxygen atoms in total. The van der Waals surface area contributed by atoms with Crippen LogP contribution in [0, 0.1) is 0 Å². The number of hydrogen-bond acceptors (Lipinski definition) is 4. The number of quaternary nitrogens is 1. The molecule has 0 unspecified atom stereocenters. The molecule has 0 amide bonds. The second kappa shape index (κ2) is 7.65. The highest BCUT2D eigenvalue weighted by atomic mass is 16.5. The van der Waals surface area contributed by atoms with E-state index in [0.29, 0.717) is 0 Å². The molecule has 1 aromatic carbocycles. The van der Waals surface area contributed by atoms with Crippen molar-refractivity contribution in [1.82, 2.24) is 4.90 Å². The Kier molecular flexibility index (Phi) is 6.18. The highest BCUT2D eigenvalue weighted by molar-refractivity contribution is 5.65. The molecule has 1 aliphatic rings. The molecule has 112 valence electrons. The molecule has 4 N–H and O–H groups in total. The molecule has 1 heterocycles. The summed E-state index contributed by atoms with van der Waals surface area (Å²) in [6.45, 7) is 3.60. The number of nitrogen functional groups attached to an aromatic ring is 1. The molecule has 0 fully saturated rings. The average molecular weight is 279 g/mol. The quantitative estimate of drug-likeness (QED) is 0.779. The second-order valence-corrected chi connectivity index (χ2v) is 4.72. The molecule has 0 radical (unpaired) electrons. The predicted molar refractivity (Wildman–Crippen MR) is 84.9 cm³/mol. The summed E-state index contributed by atoms with van der Waals surface area (Å²) >= 11 is 0. The summed E-state index contributed by atoms with van der Waals surface area (Å²) in [5.41, 5.74) is 7.67. The predicted octanol–water partition coefficient (Wildman–Crippen LogP) is 0.700. The normalized spacial score (nSPS) is 13.6. The Bertz CT molecular complexity index is 447. The number of rotatable bonds is 5. The monoisotopic (exact) mass is 279 g/mol. The molecule has 0 saturated carbocycles. The third kappa shape index (κ3) is 4.06. The first-order valence-electron chi connectivity index (χ1n) is 6.64. The lowest BCUT2D eigenvalue weighted by Crippen LogP contribution is -2.72. The van der Waals surface area contributed by atoms with Gasteiger partial charge in [-0.15, -0.1) is 0 Å². The summed E-state index contributed by atoms with van der Waals surface area (Å²) in [5.74, 6) is 0.895. The van der Waals surface area contributed by atoms with Gasteiger partial charge in [0.25, 0.3) is 0 Å². The van der Waals surface area contributed by atoms with Gasteiger partial charge in [0, 0.05) is 31.9 Å². The minimum atomic E-state index is 0. The molecule has 1 aliphatic heterocycles. The number of hydrogen-bond donors (Lipinski definition) is 2. The van der Waals surface area contributed by atoms with Crippen molar-refractivity contribution in [3.8, 4) is 5.75 Å². The van der Waals surface area contributed by atoms with Gasteiger partial charge in [0.15, 0.2) is 0 Å². The van der Waals surface area contributed by atoms with Crippen LogP contribution >= 0.6 is 0 Å². The fourth-order valence-corrected chi connectivity index (χ4v) is 2.11. The fraction of sp³-hybridized carbons (Fsp3) is 0.467. The van der Waals surface area contributed by atoms with E-state index in [1.165, 1.54) is 0 Å². The van der Waals surface area contributed by atoms with Gasteiger partial charge < -0.3 is 25.6 Å². The first kappa shape index (κ1) is 16.2. The standard InChI is InChI=1S/C14H22N4O.CH4/c1-16-5-6-17(2)7-8-18-9-10-19-14-11-12(15)3-4-13(14)18;/h3-6,11,16H,7-10,15H2,1-2H3;1H4/p+1/b6-5-;. The van der Waals surface area contributed by atoms with Gasteiger partial charge in [0.1, 0.15) is 18.6 Å². The molecule has 1 aromatic rings. The summed E-state index contributed by atoms with van der Waals surface area (Å²) in [6, 6.07) is 5.87. The van der Waals surface area contributed by atoms with Gasteiger partial charge in [0.2, 0.25) is 0 Å². The fourth-order valence-electron chi connectivity index (χ4n) is 2.11. The summed E-state index contributed by atoms with van der Waals surface area (Å²) < 4.78 is 5.65. The zero-order valence-corrected chi connectivity index (χ0v) is 11.7. The van der Waals surface area contributed by atoms with Crippen LogP contribution < -0.4 is 20.7 Å². The van der Waals surface area contributed by atoms with E-state index in [-0.39, 0.29) is 7.43 Å². The molecule has 0 atom stereocenters. The van der Waals surface area contributed by atoms with Crippen LogP contribution in [0.3, 0.4) is 0 Å². The number of nitrogens with zero attached hydrogens (tertiary/aromatic N) is 2. The lowest BCUT2D eigenvalue weighted by Gasteiger charge is -2.32. The zero-order valence-electron chi connectivity index (χ0n) is 11.7. The third-order valence-corrected chi connectivity index (χ3v) is 3.20. The SMILES string of the molecule is C.C[NH2+]/C=C\N(C)CCN1CCOc2cc(N)ccc21. The Balaban J connectivity index is 0.00000200. The Morgan fingerprint density at radius 3 is 3.05 bits per heavy atom. The average Bonchev–Trinajstić information content (AvgIpc) is 2.42. The molecule has 2 rings (SSSR count). The molecule has 20 heavy (non-hydrogen) atoms. The van der Waals surface area contributed by atoms with Crippen molar-refractivity contribution >= 4 is 11.4 Å². The minimum absolute atomic E-state index is 0. The molecular weight excluding hydrogens is 252 g/mol. The molecule has 0 saturated heterocycles. The number of anilines is 2. The summed E-state index contributed by atoms with van der Waals surface area (Å²) in [4.78, 5) is 4.53. The molecule has 5 heteroatoms. The van der Waals surface area contributed by atoms with Gasteiger partial charge in [0.05, 0.1) is 25.5 Å². The minimum Gasteiger partial charge on any atom is -0.489 e. The van der Waals surface area contributed by atoms with E-state index in [1.54, 1.807) is 0 Å². The summed E-state index contributed by atoms with van der Waals surface area (Å²) in [7, 11) is 4.11. The van der Waals surface area contributed by atoms with Gasteiger partial charge in [-0.2, -0.15) is 0 Å². The third-order valence-electron chi connectivity index (χ3n) is 3.20. The van der Waals surface area contributed by atoms with Gasteiger partial charge in [-0.05, 0) is 12.1 Å². The molecule has 0 bridgehead atoms. The van der Waals surface area contributed by atoms with Gasteiger partial charge in [-0.3, -0.25) is 0 Å². The summed E-state index contributed by atoms with van der Waals surface area (Å²) in [5, 5.41) is 2.03. The molecule has 0 aromatic heterocycles. The highest BCUT2D eigenvalue weighted by Crippen LogP contribution is 2.32. The van der Waals surface area contributed by atoms with Crippen LogP contribution in [0.5, 0.6) is 5.75 Å². The van der Waals surface area contributed by atoms with Gasteiger partial charge in [-0.25, -0.2) is 0 Å². The van der Waals surface area contributed by atoms with Gasteiger partial charge >= 0.3 is 0 Å². The van der Waals surface area contributed by atoms with Crippen molar-refractivity contribution < 1.29 is 10.1 Å². The van der Waals surface area contributed by atoms with Crippen LogP contribution in [-0.2, 0) is 0 Å². The van der Waals surface area contributed by atoms with Crippen molar-refractivity contribution in [2.45, 2.75) is 7.43 Å². The maximum atomic E-state index is 5.78. The highest BCUT2D eigenvalue weighted by Gasteiger charge is 2.17. The lowest BCUT2D eigenvalue weighted by atomic mass is 10.2. The van der Waals surface area contributed by atoms with E-state index in [9.17, 15) is 0 Å². The maximum Gasteiger partial charge on any atom is 0.144 e. The van der Waals surface area contributed by atoms with Gasteiger partial charge in [-0.1, -0.05) is 7.43 Å². The Morgan fingerprint density at radius 2 is 2.30 bits per heavy atom. The first-order valence-corrected chi connectivity index (χ1v) is 6.64. The van der Waals surface area contributed by atoms with E-state index in [0.717, 1.165) is 43.4 Å². The molecule has 0 spiro atoms. The second-order valence-electron chi connectivity index (χ2n) is 4.72. The van der Waals surface area contributed by atoms with Crippen LogP contribution in [0.2, 0.25) is 0 Å². The zero-order chi connectivity index (χ0) is 13.7. The van der Waals surface area contributed by atoms with Crippen molar-refractivity contribution in [3.05, 3.63) is 30.6 Å². The smallest absolute Gasteiger partial charge is 0.144 e. The number of benzene rings is 1. The Labute approximate surface area is 122 Å². The van der Waals surface area contributed by atoms with Crippen molar-refractivity contribution in [2.24, 2.45) is 0 Å². The molecular formula is C15H27N4O+. The van der Waals surface area contributed by atoms with Crippen LogP contribution in [-0.4, -0.2) is 45.2 Å². The Morgan fingerprint density at radius 1 is 1.50 bits per heavy atom. The van der Waals surface area contributed by atoms with Crippen LogP contribution in [0.4, 0.5) is 11.4 Å².